The molecule has 1 fully saturated rings. The number of carbonyl (C=O) groups excluding carboxylic acids is 1. The summed E-state index contributed by atoms with van der Waals surface area (Å²) in [7, 11) is 0. The van der Waals surface area contributed by atoms with E-state index < -0.39 is 0 Å². The lowest BCUT2D eigenvalue weighted by Gasteiger charge is -2.29. The van der Waals surface area contributed by atoms with Crippen LogP contribution in [0.2, 0.25) is 0 Å². The number of rotatable bonds is 1. The predicted molar refractivity (Wildman–Crippen MR) is 55.9 cm³/mol. The number of nitrogens with one attached hydrogen (secondary N) is 1. The number of hydrazine groups is 1. The zero-order chi connectivity index (χ0) is 10.7. The summed E-state index contributed by atoms with van der Waals surface area (Å²) in [5.74, 6) is 0.0469. The van der Waals surface area contributed by atoms with Crippen molar-refractivity contribution in [3.05, 3.63) is 29.8 Å². The van der Waals surface area contributed by atoms with Crippen LogP contribution in [0.3, 0.4) is 0 Å². The number of hydrogen-bond donors (Lipinski definition) is 1. The van der Waals surface area contributed by atoms with Gasteiger partial charge in [0.2, 0.25) is 5.91 Å². The molecule has 0 bridgehead atoms. The van der Waals surface area contributed by atoms with Gasteiger partial charge in [-0.25, -0.2) is 0 Å². The molecule has 0 atom stereocenters. The number of amides is 1. The van der Waals surface area contributed by atoms with E-state index in [1.54, 1.807) is 12.1 Å². The van der Waals surface area contributed by atoms with Gasteiger partial charge in [0.15, 0.2) is 0 Å². The highest BCUT2D eigenvalue weighted by molar-refractivity contribution is 5.79. The fraction of sp³-hybridized carbons (Fsp3) is 0.273. The standard InChI is InChI=1S/C11H11N3O/c12-8-9-3-5-10(6-4-9)14-7-1-2-11(15)13-14/h3-6H,1-2,7H2,(H,13,15). The van der Waals surface area contributed by atoms with Crippen LogP contribution >= 0.6 is 0 Å². The zero-order valence-electron chi connectivity index (χ0n) is 8.23. The monoisotopic (exact) mass is 201 g/mol. The van der Waals surface area contributed by atoms with E-state index in [1.165, 1.54) is 0 Å². The molecule has 0 spiro atoms. The molecule has 15 heavy (non-hydrogen) atoms. The third-order valence-corrected chi connectivity index (χ3v) is 2.35. The van der Waals surface area contributed by atoms with Crippen molar-refractivity contribution < 1.29 is 4.79 Å². The summed E-state index contributed by atoms with van der Waals surface area (Å²) in [5.41, 5.74) is 4.33. The SMILES string of the molecule is N#Cc1ccc(N2CCCC(=O)N2)cc1. The number of anilines is 1. The molecule has 0 aromatic heterocycles. The summed E-state index contributed by atoms with van der Waals surface area (Å²) < 4.78 is 0. The van der Waals surface area contributed by atoms with Gasteiger partial charge in [-0.15, -0.1) is 0 Å². The third-order valence-electron chi connectivity index (χ3n) is 2.35. The van der Waals surface area contributed by atoms with Gasteiger partial charge >= 0.3 is 0 Å². The van der Waals surface area contributed by atoms with Gasteiger partial charge in [-0.1, -0.05) is 0 Å². The van der Waals surface area contributed by atoms with Crippen LogP contribution in [0.5, 0.6) is 0 Å². The molecule has 1 N–H and O–H groups in total. The largest absolute Gasteiger partial charge is 0.286 e. The minimum absolute atomic E-state index is 0.0469. The Labute approximate surface area is 88.1 Å². The van der Waals surface area contributed by atoms with Crippen LogP contribution in [0, 0.1) is 11.3 Å². The first kappa shape index (κ1) is 9.53. The van der Waals surface area contributed by atoms with Crippen molar-refractivity contribution in [1.29, 1.82) is 5.26 Å². The van der Waals surface area contributed by atoms with Crippen LogP contribution in [-0.2, 0) is 4.79 Å². The Kier molecular flexibility index (Phi) is 2.55. The van der Waals surface area contributed by atoms with Crippen molar-refractivity contribution in [2.45, 2.75) is 12.8 Å². The average Bonchev–Trinajstić information content (AvgIpc) is 2.29. The van der Waals surface area contributed by atoms with Crippen LogP contribution in [0.25, 0.3) is 0 Å². The molecule has 2 rings (SSSR count). The smallest absolute Gasteiger partial charge is 0.238 e. The summed E-state index contributed by atoms with van der Waals surface area (Å²) in [6.07, 6.45) is 1.46. The Hall–Kier alpha value is -2.02. The second-order valence-corrected chi connectivity index (χ2v) is 3.45. The van der Waals surface area contributed by atoms with Crippen molar-refractivity contribution in [3.8, 4) is 6.07 Å². The normalized spacial score (nSPS) is 15.7. The Morgan fingerprint density at radius 1 is 1.33 bits per heavy atom. The van der Waals surface area contributed by atoms with E-state index in [4.69, 9.17) is 5.26 Å². The van der Waals surface area contributed by atoms with Crippen LogP contribution in [0.15, 0.2) is 24.3 Å². The van der Waals surface area contributed by atoms with E-state index in [0.717, 1.165) is 18.7 Å². The Morgan fingerprint density at radius 3 is 2.67 bits per heavy atom. The van der Waals surface area contributed by atoms with Crippen LogP contribution in [0.1, 0.15) is 18.4 Å². The van der Waals surface area contributed by atoms with Crippen LogP contribution < -0.4 is 10.4 Å². The van der Waals surface area contributed by atoms with Gasteiger partial charge < -0.3 is 0 Å². The van der Waals surface area contributed by atoms with Gasteiger partial charge in [0.25, 0.3) is 0 Å². The molecule has 0 unspecified atom stereocenters. The highest BCUT2D eigenvalue weighted by atomic mass is 16.2. The molecular weight excluding hydrogens is 190 g/mol. The fourth-order valence-electron chi connectivity index (χ4n) is 1.57. The van der Waals surface area contributed by atoms with Gasteiger partial charge in [-0.2, -0.15) is 5.26 Å². The molecule has 1 aromatic rings. The third kappa shape index (κ3) is 2.08. The number of benzene rings is 1. The predicted octanol–water partition coefficient (Wildman–Crippen LogP) is 1.19. The second-order valence-electron chi connectivity index (χ2n) is 3.45. The summed E-state index contributed by atoms with van der Waals surface area (Å²) in [4.78, 5) is 11.2. The molecule has 1 aromatic carbocycles. The van der Waals surface area contributed by atoms with Gasteiger partial charge in [0.05, 0.1) is 17.3 Å². The molecular formula is C11H11N3O. The topological polar surface area (TPSA) is 56.1 Å². The number of nitriles is 1. The maximum absolute atomic E-state index is 11.2. The quantitative estimate of drug-likeness (QED) is 0.742. The molecule has 1 aliphatic heterocycles. The van der Waals surface area contributed by atoms with Crippen LogP contribution in [-0.4, -0.2) is 12.5 Å². The molecule has 0 saturated carbocycles. The van der Waals surface area contributed by atoms with Crippen molar-refractivity contribution in [1.82, 2.24) is 5.43 Å². The first-order chi connectivity index (χ1) is 7.29. The number of nitrogens with zero attached hydrogens (tertiary/aromatic N) is 2. The summed E-state index contributed by atoms with van der Waals surface area (Å²) >= 11 is 0. The Morgan fingerprint density at radius 2 is 2.07 bits per heavy atom. The lowest BCUT2D eigenvalue weighted by Crippen LogP contribution is -2.46. The summed E-state index contributed by atoms with van der Waals surface area (Å²) in [5, 5.41) is 10.5. The highest BCUT2D eigenvalue weighted by Gasteiger charge is 2.15. The second kappa shape index (κ2) is 4.01. The Bertz CT molecular complexity index is 405. The number of hydrogen-bond acceptors (Lipinski definition) is 3. The Balaban J connectivity index is 2.15. The highest BCUT2D eigenvalue weighted by Crippen LogP contribution is 2.16. The van der Waals surface area contributed by atoms with Gasteiger partial charge in [-0.3, -0.25) is 15.2 Å². The molecule has 4 heteroatoms. The summed E-state index contributed by atoms with van der Waals surface area (Å²) in [6.45, 7) is 0.817. The van der Waals surface area contributed by atoms with E-state index in [9.17, 15) is 4.79 Å². The first-order valence-corrected chi connectivity index (χ1v) is 4.87. The molecule has 0 aliphatic carbocycles. The minimum atomic E-state index is 0.0469. The summed E-state index contributed by atoms with van der Waals surface area (Å²) in [6, 6.07) is 9.23. The molecule has 0 radical (unpaired) electrons. The average molecular weight is 201 g/mol. The lowest BCUT2D eigenvalue weighted by molar-refractivity contribution is -0.122. The molecule has 1 amide bonds. The fourth-order valence-corrected chi connectivity index (χ4v) is 1.57. The van der Waals surface area contributed by atoms with Crippen molar-refractivity contribution in [2.75, 3.05) is 11.6 Å². The maximum Gasteiger partial charge on any atom is 0.238 e. The molecule has 1 saturated heterocycles. The first-order valence-electron chi connectivity index (χ1n) is 4.87. The van der Waals surface area contributed by atoms with Crippen LogP contribution in [0.4, 0.5) is 5.69 Å². The van der Waals surface area contributed by atoms with E-state index in [0.29, 0.717) is 12.0 Å². The van der Waals surface area contributed by atoms with Crippen molar-refractivity contribution in [2.24, 2.45) is 0 Å². The zero-order valence-corrected chi connectivity index (χ0v) is 8.23. The van der Waals surface area contributed by atoms with Crippen molar-refractivity contribution >= 4 is 11.6 Å². The van der Waals surface area contributed by atoms with Gasteiger partial charge in [-0.05, 0) is 30.7 Å². The lowest BCUT2D eigenvalue weighted by atomic mass is 10.2. The van der Waals surface area contributed by atoms with Gasteiger partial charge in [0, 0.05) is 13.0 Å². The van der Waals surface area contributed by atoms with E-state index in [1.807, 2.05) is 17.1 Å². The molecule has 4 nitrogen and oxygen atoms in total. The molecule has 1 aliphatic rings. The maximum atomic E-state index is 11.2. The van der Waals surface area contributed by atoms with E-state index in [-0.39, 0.29) is 5.91 Å². The van der Waals surface area contributed by atoms with E-state index in [2.05, 4.69) is 11.5 Å². The molecule has 76 valence electrons. The minimum Gasteiger partial charge on any atom is -0.286 e. The number of carbonyl (C=O) groups is 1. The van der Waals surface area contributed by atoms with Gasteiger partial charge in [0.1, 0.15) is 0 Å². The van der Waals surface area contributed by atoms with E-state index >= 15 is 0 Å². The molecule has 1 heterocycles. The van der Waals surface area contributed by atoms with Crippen molar-refractivity contribution in [3.63, 3.8) is 0 Å².